The van der Waals surface area contributed by atoms with Gasteiger partial charge in [0, 0.05) is 12.0 Å². The van der Waals surface area contributed by atoms with Crippen molar-refractivity contribution in [2.45, 2.75) is 33.6 Å². The molecule has 3 aromatic carbocycles. The molecular weight excluding hydrogens is 468 g/mol. The minimum Gasteiger partial charge on any atom is -0.505 e. The van der Waals surface area contributed by atoms with E-state index in [1.165, 1.54) is 5.01 Å². The second kappa shape index (κ2) is 10.0. The number of para-hydroxylation sites is 1. The summed E-state index contributed by atoms with van der Waals surface area (Å²) in [6.07, 6.45) is 1.50. The molecule has 3 N–H and O–H groups in total. The molecule has 0 saturated heterocycles. The Morgan fingerprint density at radius 1 is 1.00 bits per heavy atom. The van der Waals surface area contributed by atoms with Crippen LogP contribution in [0, 0.1) is 13.8 Å². The van der Waals surface area contributed by atoms with Gasteiger partial charge in [-0.05, 0) is 78.1 Å². The third-order valence-corrected chi connectivity index (χ3v) is 6.35. The summed E-state index contributed by atoms with van der Waals surface area (Å²) in [6, 6.07) is 19.0. The average Bonchev–Trinajstić information content (AvgIpc) is 3.52. The molecule has 0 bridgehead atoms. The Labute approximate surface area is 213 Å². The van der Waals surface area contributed by atoms with Gasteiger partial charge in [0.05, 0.1) is 17.1 Å². The van der Waals surface area contributed by atoms with Gasteiger partial charge in [0.15, 0.2) is 5.71 Å². The molecule has 186 valence electrons. The molecule has 0 unspecified atom stereocenters. The number of carbonyl (C=O) groups excluding carboxylic acids is 1. The van der Waals surface area contributed by atoms with Crippen molar-refractivity contribution in [1.82, 2.24) is 20.6 Å². The number of aromatic nitrogens is 4. The molecule has 1 amide bonds. The number of nitrogens with zero attached hydrogens (tertiary/aromatic N) is 6. The number of rotatable bonds is 7. The molecule has 0 saturated carbocycles. The first-order valence-electron chi connectivity index (χ1n) is 11.9. The van der Waals surface area contributed by atoms with Gasteiger partial charge in [-0.25, -0.2) is 5.10 Å². The number of tetrazole rings is 1. The summed E-state index contributed by atoms with van der Waals surface area (Å²) in [5.74, 6) is 0.444. The Bertz CT molecular complexity index is 1510. The molecule has 4 aromatic rings. The minimum atomic E-state index is -0.333. The first-order valence-corrected chi connectivity index (χ1v) is 11.9. The Morgan fingerprint density at radius 3 is 2.54 bits per heavy atom. The van der Waals surface area contributed by atoms with Crippen molar-refractivity contribution in [1.29, 1.82) is 0 Å². The number of phenolic OH excluding ortho intramolecular Hbond substituents is 1. The SMILES string of the molecule is CC1=NN(c2ccc(C)c(C)c2)C(=O)C1=NNc1cccc(-c2ccc(CCc3nnn[nH]3)cc2)c1O. The Balaban J connectivity index is 1.31. The van der Waals surface area contributed by atoms with Crippen LogP contribution in [0.3, 0.4) is 0 Å². The number of hydrogen-bond donors (Lipinski definition) is 3. The van der Waals surface area contributed by atoms with Crippen LogP contribution < -0.4 is 10.4 Å². The van der Waals surface area contributed by atoms with E-state index in [0.717, 1.165) is 34.5 Å². The molecule has 37 heavy (non-hydrogen) atoms. The third-order valence-electron chi connectivity index (χ3n) is 6.35. The lowest BCUT2D eigenvalue weighted by Gasteiger charge is -2.13. The van der Waals surface area contributed by atoms with Crippen molar-refractivity contribution in [3.63, 3.8) is 0 Å². The number of H-pyrrole nitrogens is 1. The molecule has 5 rings (SSSR count). The zero-order chi connectivity index (χ0) is 25.9. The maximum atomic E-state index is 13.0. The van der Waals surface area contributed by atoms with E-state index in [2.05, 4.69) is 36.3 Å². The standard InChI is InChI=1S/C27H26N8O2/c1-16-7-13-21(15-17(16)2)35-27(37)25(18(3)32-35)31-28-23-6-4-5-22(26(23)36)20-11-8-19(9-12-20)10-14-24-29-33-34-30-24/h4-9,11-13,15,28,36H,10,14H2,1-3H3,(H,29,30,33,34). The van der Waals surface area contributed by atoms with E-state index in [0.29, 0.717) is 29.1 Å². The third kappa shape index (κ3) is 4.94. The summed E-state index contributed by atoms with van der Waals surface area (Å²) in [5.41, 5.74) is 9.45. The highest BCUT2D eigenvalue weighted by atomic mass is 16.3. The zero-order valence-corrected chi connectivity index (χ0v) is 20.7. The maximum Gasteiger partial charge on any atom is 0.301 e. The van der Waals surface area contributed by atoms with Crippen LogP contribution in [0.1, 0.15) is 29.4 Å². The van der Waals surface area contributed by atoms with Crippen LogP contribution in [0.4, 0.5) is 11.4 Å². The second-order valence-corrected chi connectivity index (χ2v) is 8.89. The summed E-state index contributed by atoms with van der Waals surface area (Å²) >= 11 is 0. The van der Waals surface area contributed by atoms with Crippen molar-refractivity contribution >= 4 is 28.7 Å². The molecule has 0 atom stereocenters. The van der Waals surface area contributed by atoms with Crippen LogP contribution in [0.15, 0.2) is 70.9 Å². The van der Waals surface area contributed by atoms with Crippen LogP contribution in [0.25, 0.3) is 11.1 Å². The van der Waals surface area contributed by atoms with Crippen LogP contribution >= 0.6 is 0 Å². The van der Waals surface area contributed by atoms with E-state index in [9.17, 15) is 9.90 Å². The zero-order valence-electron chi connectivity index (χ0n) is 20.7. The van der Waals surface area contributed by atoms with Gasteiger partial charge >= 0.3 is 5.91 Å². The Morgan fingerprint density at radius 2 is 1.81 bits per heavy atom. The first kappa shape index (κ1) is 23.9. The van der Waals surface area contributed by atoms with Crippen molar-refractivity contribution in [3.05, 3.63) is 83.2 Å². The normalized spacial score (nSPS) is 14.4. The minimum absolute atomic E-state index is 0.0402. The lowest BCUT2D eigenvalue weighted by Crippen LogP contribution is -2.28. The van der Waals surface area contributed by atoms with Gasteiger partial charge in [-0.2, -0.15) is 15.2 Å². The molecule has 0 radical (unpaired) electrons. The highest BCUT2D eigenvalue weighted by Crippen LogP contribution is 2.35. The topological polar surface area (TPSA) is 132 Å². The number of anilines is 2. The number of aryl methyl sites for hydroxylation is 4. The van der Waals surface area contributed by atoms with Crippen molar-refractivity contribution in [3.8, 4) is 16.9 Å². The lowest BCUT2D eigenvalue weighted by molar-refractivity contribution is -0.112. The molecule has 0 aliphatic carbocycles. The molecule has 10 heteroatoms. The number of aromatic hydroxyl groups is 1. The molecule has 1 aliphatic heterocycles. The van der Waals surface area contributed by atoms with Crippen LogP contribution in [0.5, 0.6) is 5.75 Å². The predicted molar refractivity (Wildman–Crippen MR) is 143 cm³/mol. The maximum absolute atomic E-state index is 13.0. The number of nitrogens with one attached hydrogen (secondary N) is 2. The fourth-order valence-corrected chi connectivity index (χ4v) is 4.04. The van der Waals surface area contributed by atoms with Gasteiger partial charge in [0.1, 0.15) is 11.6 Å². The van der Waals surface area contributed by atoms with Crippen molar-refractivity contribution in [2.24, 2.45) is 10.2 Å². The van der Waals surface area contributed by atoms with E-state index in [1.807, 2.05) is 68.4 Å². The van der Waals surface area contributed by atoms with E-state index in [-0.39, 0.29) is 17.4 Å². The van der Waals surface area contributed by atoms with Crippen molar-refractivity contribution < 1.29 is 9.90 Å². The average molecular weight is 495 g/mol. The number of carbonyl (C=O) groups is 1. The van der Waals surface area contributed by atoms with Gasteiger partial charge in [0.25, 0.3) is 0 Å². The van der Waals surface area contributed by atoms with E-state index >= 15 is 0 Å². The predicted octanol–water partition coefficient (Wildman–Crippen LogP) is 4.16. The summed E-state index contributed by atoms with van der Waals surface area (Å²) in [6.45, 7) is 5.74. The number of phenols is 1. The summed E-state index contributed by atoms with van der Waals surface area (Å²) in [5, 5.41) is 34.8. The number of amides is 1. The highest BCUT2D eigenvalue weighted by molar-refractivity contribution is 6.71. The first-order chi connectivity index (χ1) is 17.9. The quantitative estimate of drug-likeness (QED) is 0.261. The lowest BCUT2D eigenvalue weighted by atomic mass is 10.0. The molecule has 2 heterocycles. The molecule has 0 spiro atoms. The van der Waals surface area contributed by atoms with Crippen LogP contribution in [-0.4, -0.2) is 43.1 Å². The molecule has 10 nitrogen and oxygen atoms in total. The second-order valence-electron chi connectivity index (χ2n) is 8.89. The van der Waals surface area contributed by atoms with Crippen LogP contribution in [0.2, 0.25) is 0 Å². The largest absolute Gasteiger partial charge is 0.505 e. The summed E-state index contributed by atoms with van der Waals surface area (Å²) in [4.78, 5) is 13.0. The number of benzene rings is 3. The van der Waals surface area contributed by atoms with Gasteiger partial charge in [0.2, 0.25) is 0 Å². The summed E-state index contributed by atoms with van der Waals surface area (Å²) < 4.78 is 0. The monoisotopic (exact) mass is 494 g/mol. The fourth-order valence-electron chi connectivity index (χ4n) is 4.04. The van der Waals surface area contributed by atoms with E-state index in [4.69, 9.17) is 0 Å². The number of hydrazone groups is 2. The van der Waals surface area contributed by atoms with Crippen molar-refractivity contribution in [2.75, 3.05) is 10.4 Å². The molecule has 1 aromatic heterocycles. The van der Waals surface area contributed by atoms with E-state index in [1.54, 1.807) is 13.0 Å². The smallest absolute Gasteiger partial charge is 0.301 e. The van der Waals surface area contributed by atoms with Gasteiger partial charge in [-0.15, -0.1) is 5.10 Å². The summed E-state index contributed by atoms with van der Waals surface area (Å²) in [7, 11) is 0. The molecular formula is C27H26N8O2. The fraction of sp³-hybridized carbons (Fsp3) is 0.185. The van der Waals surface area contributed by atoms with E-state index < -0.39 is 0 Å². The van der Waals surface area contributed by atoms with Gasteiger partial charge in [-0.3, -0.25) is 10.2 Å². The Kier molecular flexibility index (Phi) is 6.46. The number of hydrogen-bond acceptors (Lipinski definition) is 8. The number of aromatic amines is 1. The highest BCUT2D eigenvalue weighted by Gasteiger charge is 2.31. The molecule has 1 aliphatic rings. The van der Waals surface area contributed by atoms with Crippen LogP contribution in [-0.2, 0) is 17.6 Å². The Hall–Kier alpha value is -4.86. The molecule has 0 fully saturated rings. The van der Waals surface area contributed by atoms with Gasteiger partial charge in [-0.1, -0.05) is 42.5 Å². The van der Waals surface area contributed by atoms with Gasteiger partial charge < -0.3 is 5.11 Å².